The number of sulfonamides is 1. The Hall–Kier alpha value is -2.30. The molecular weight excluding hydrogens is 426 g/mol. The lowest BCUT2D eigenvalue weighted by Gasteiger charge is -2.34. The number of piperidine rings is 1. The molecule has 1 aliphatic rings. The number of carbonyl (C=O) groups excluding carboxylic acids is 1. The number of hydrogen-bond donors (Lipinski definition) is 2. The number of rotatable bonds is 8. The maximum absolute atomic E-state index is 12.9. The summed E-state index contributed by atoms with van der Waals surface area (Å²) in [6.45, 7) is 0.872. The van der Waals surface area contributed by atoms with Crippen LogP contribution >= 0.6 is 11.3 Å². The number of anilines is 1. The van der Waals surface area contributed by atoms with E-state index in [1.54, 1.807) is 40.0 Å². The summed E-state index contributed by atoms with van der Waals surface area (Å²) in [6, 6.07) is 8.09. The molecule has 0 radical (unpaired) electrons. The van der Waals surface area contributed by atoms with Crippen molar-refractivity contribution in [2.75, 3.05) is 32.6 Å². The zero-order valence-electron chi connectivity index (χ0n) is 17.1. The first-order valence-corrected chi connectivity index (χ1v) is 12.1. The highest BCUT2D eigenvalue weighted by Gasteiger charge is 2.33. The summed E-state index contributed by atoms with van der Waals surface area (Å²) in [7, 11) is -0.454. The van der Waals surface area contributed by atoms with E-state index >= 15 is 0 Å². The van der Waals surface area contributed by atoms with E-state index in [2.05, 4.69) is 10.6 Å². The average Bonchev–Trinajstić information content (AvgIpc) is 3.29. The van der Waals surface area contributed by atoms with Gasteiger partial charge in [0.05, 0.1) is 19.9 Å². The van der Waals surface area contributed by atoms with Gasteiger partial charge in [0.1, 0.15) is 4.21 Å². The second-order valence-corrected chi connectivity index (χ2v) is 9.97. The molecule has 1 fully saturated rings. The highest BCUT2D eigenvalue weighted by atomic mass is 32.2. The molecule has 2 amide bonds. The Morgan fingerprint density at radius 2 is 2.03 bits per heavy atom. The highest BCUT2D eigenvalue weighted by Crippen LogP contribution is 2.34. The van der Waals surface area contributed by atoms with E-state index in [0.717, 1.165) is 19.3 Å². The van der Waals surface area contributed by atoms with E-state index in [1.807, 2.05) is 0 Å². The SMILES string of the molecule is COc1cccc(NC(=O)NCCC2CCCCN2S(=O)(=O)c2cccs2)c1OC. The van der Waals surface area contributed by atoms with Gasteiger partial charge in [-0.1, -0.05) is 18.6 Å². The Bertz CT molecular complexity index is 947. The van der Waals surface area contributed by atoms with E-state index in [9.17, 15) is 13.2 Å². The van der Waals surface area contributed by atoms with Gasteiger partial charge in [-0.3, -0.25) is 0 Å². The highest BCUT2D eigenvalue weighted by molar-refractivity contribution is 7.91. The Balaban J connectivity index is 1.58. The molecule has 2 heterocycles. The third kappa shape index (κ3) is 5.05. The predicted molar refractivity (Wildman–Crippen MR) is 117 cm³/mol. The summed E-state index contributed by atoms with van der Waals surface area (Å²) in [5.41, 5.74) is 0.494. The quantitative estimate of drug-likeness (QED) is 0.637. The van der Waals surface area contributed by atoms with Crippen LogP contribution in [-0.2, 0) is 10.0 Å². The molecule has 1 unspecified atom stereocenters. The average molecular weight is 454 g/mol. The number of thiophene rings is 1. The van der Waals surface area contributed by atoms with Crippen molar-refractivity contribution in [3.8, 4) is 11.5 Å². The van der Waals surface area contributed by atoms with Gasteiger partial charge in [0, 0.05) is 19.1 Å². The molecule has 10 heteroatoms. The van der Waals surface area contributed by atoms with E-state index in [4.69, 9.17) is 9.47 Å². The number of carbonyl (C=O) groups is 1. The second-order valence-electron chi connectivity index (χ2n) is 6.91. The molecule has 1 aliphatic heterocycles. The van der Waals surface area contributed by atoms with Gasteiger partial charge in [-0.05, 0) is 42.8 Å². The number of benzene rings is 1. The van der Waals surface area contributed by atoms with Gasteiger partial charge < -0.3 is 20.1 Å². The lowest BCUT2D eigenvalue weighted by Crippen LogP contribution is -2.45. The number of ether oxygens (including phenoxy) is 2. The first-order chi connectivity index (χ1) is 14.5. The molecule has 0 bridgehead atoms. The molecular formula is C20H27N3O5S2. The molecule has 2 N–H and O–H groups in total. The minimum absolute atomic E-state index is 0.127. The molecule has 1 saturated heterocycles. The van der Waals surface area contributed by atoms with Crippen LogP contribution in [0.3, 0.4) is 0 Å². The van der Waals surface area contributed by atoms with Crippen LogP contribution in [0.5, 0.6) is 11.5 Å². The summed E-state index contributed by atoms with van der Waals surface area (Å²) in [5.74, 6) is 0.961. The van der Waals surface area contributed by atoms with E-state index in [0.29, 0.717) is 40.9 Å². The van der Waals surface area contributed by atoms with Crippen LogP contribution < -0.4 is 20.1 Å². The first kappa shape index (κ1) is 22.4. The summed E-state index contributed by atoms with van der Waals surface area (Å²) in [5, 5.41) is 7.33. The van der Waals surface area contributed by atoms with Crippen LogP contribution in [0, 0.1) is 0 Å². The fraction of sp³-hybridized carbons (Fsp3) is 0.450. The number of nitrogens with zero attached hydrogens (tertiary/aromatic N) is 1. The van der Waals surface area contributed by atoms with Crippen molar-refractivity contribution < 1.29 is 22.7 Å². The molecule has 164 valence electrons. The zero-order valence-corrected chi connectivity index (χ0v) is 18.7. The number of methoxy groups -OCH3 is 2. The second kappa shape index (κ2) is 10.1. The van der Waals surface area contributed by atoms with E-state index in [1.165, 1.54) is 25.6 Å². The van der Waals surface area contributed by atoms with Crippen LogP contribution in [-0.4, -0.2) is 52.1 Å². The molecule has 30 heavy (non-hydrogen) atoms. The monoisotopic (exact) mass is 453 g/mol. The molecule has 1 atom stereocenters. The number of hydrogen-bond acceptors (Lipinski definition) is 6. The Kier molecular flexibility index (Phi) is 7.57. The van der Waals surface area contributed by atoms with Crippen LogP contribution in [0.2, 0.25) is 0 Å². The van der Waals surface area contributed by atoms with Gasteiger partial charge in [0.2, 0.25) is 0 Å². The van der Waals surface area contributed by atoms with Gasteiger partial charge in [-0.2, -0.15) is 4.31 Å². The summed E-state index contributed by atoms with van der Waals surface area (Å²) in [4.78, 5) is 12.3. The molecule has 0 spiro atoms. The van der Waals surface area contributed by atoms with Gasteiger partial charge >= 0.3 is 6.03 Å². The van der Waals surface area contributed by atoms with Crippen molar-refractivity contribution in [2.24, 2.45) is 0 Å². The zero-order chi connectivity index (χ0) is 21.6. The molecule has 2 aromatic rings. The molecule has 1 aromatic heterocycles. The van der Waals surface area contributed by atoms with Gasteiger partial charge in [0.25, 0.3) is 10.0 Å². The molecule has 1 aromatic carbocycles. The summed E-state index contributed by atoms with van der Waals surface area (Å²) < 4.78 is 38.4. The molecule has 3 rings (SSSR count). The lowest BCUT2D eigenvalue weighted by atomic mass is 10.0. The van der Waals surface area contributed by atoms with Gasteiger partial charge in [-0.15, -0.1) is 11.3 Å². The van der Waals surface area contributed by atoms with Gasteiger partial charge in [-0.25, -0.2) is 13.2 Å². The van der Waals surface area contributed by atoms with Crippen molar-refractivity contribution in [1.82, 2.24) is 9.62 Å². The maximum atomic E-state index is 12.9. The van der Waals surface area contributed by atoms with E-state index < -0.39 is 10.0 Å². The third-order valence-electron chi connectivity index (χ3n) is 5.05. The summed E-state index contributed by atoms with van der Waals surface area (Å²) >= 11 is 1.23. The number of urea groups is 1. The normalized spacial score (nSPS) is 17.3. The largest absolute Gasteiger partial charge is 0.493 e. The van der Waals surface area contributed by atoms with Crippen molar-refractivity contribution >= 4 is 33.1 Å². The summed E-state index contributed by atoms with van der Waals surface area (Å²) in [6.07, 6.45) is 3.17. The molecule has 0 saturated carbocycles. The van der Waals surface area contributed by atoms with Crippen LogP contribution in [0.15, 0.2) is 39.9 Å². The lowest BCUT2D eigenvalue weighted by molar-refractivity contribution is 0.234. The third-order valence-corrected chi connectivity index (χ3v) is 8.37. The van der Waals surface area contributed by atoms with Crippen LogP contribution in [0.1, 0.15) is 25.7 Å². The Morgan fingerprint density at radius 3 is 2.73 bits per heavy atom. The maximum Gasteiger partial charge on any atom is 0.319 e. The molecule has 8 nitrogen and oxygen atoms in total. The number of amides is 2. The minimum atomic E-state index is -3.49. The predicted octanol–water partition coefficient (Wildman–Crippen LogP) is 3.52. The fourth-order valence-electron chi connectivity index (χ4n) is 3.61. The molecule has 0 aliphatic carbocycles. The van der Waals surface area contributed by atoms with Crippen LogP contribution in [0.25, 0.3) is 0 Å². The van der Waals surface area contributed by atoms with Crippen molar-refractivity contribution in [3.63, 3.8) is 0 Å². The van der Waals surface area contributed by atoms with Gasteiger partial charge in [0.15, 0.2) is 11.5 Å². The van der Waals surface area contributed by atoms with Crippen molar-refractivity contribution in [2.45, 2.75) is 35.9 Å². The smallest absolute Gasteiger partial charge is 0.319 e. The minimum Gasteiger partial charge on any atom is -0.493 e. The number of para-hydroxylation sites is 1. The van der Waals surface area contributed by atoms with Crippen molar-refractivity contribution in [1.29, 1.82) is 0 Å². The van der Waals surface area contributed by atoms with Crippen LogP contribution in [0.4, 0.5) is 10.5 Å². The standard InChI is InChI=1S/C20H27N3O5S2/c1-27-17-9-5-8-16(19(17)28-2)22-20(24)21-12-11-15-7-3-4-13-23(15)30(25,26)18-10-6-14-29-18/h5-6,8-10,14-15H,3-4,7,11-13H2,1-2H3,(H2,21,22,24). The number of nitrogens with one attached hydrogen (secondary N) is 2. The first-order valence-electron chi connectivity index (χ1n) is 9.78. The van der Waals surface area contributed by atoms with E-state index in [-0.39, 0.29) is 12.1 Å². The fourth-order valence-corrected chi connectivity index (χ4v) is 6.45. The Morgan fingerprint density at radius 1 is 1.20 bits per heavy atom. The van der Waals surface area contributed by atoms with Crippen molar-refractivity contribution in [3.05, 3.63) is 35.7 Å². The topological polar surface area (TPSA) is 97.0 Å². The Labute approximate surface area is 181 Å².